The molecule has 2 aromatic rings. The van der Waals surface area contributed by atoms with E-state index < -0.39 is 6.04 Å². The topological polar surface area (TPSA) is 38.3 Å². The van der Waals surface area contributed by atoms with Crippen molar-refractivity contribution in [2.45, 2.75) is 19.5 Å². The van der Waals surface area contributed by atoms with Crippen molar-refractivity contribution < 1.29 is 9.53 Å². The number of esters is 1. The zero-order chi connectivity index (χ0) is 13.5. The van der Waals surface area contributed by atoms with Crippen LogP contribution < -0.4 is 5.32 Å². The van der Waals surface area contributed by atoms with Gasteiger partial charge in [0.1, 0.15) is 6.04 Å². The molecule has 100 valence electrons. The molecule has 0 saturated carbocycles. The highest BCUT2D eigenvalue weighted by Crippen LogP contribution is 2.16. The van der Waals surface area contributed by atoms with Crippen molar-refractivity contribution in [2.75, 3.05) is 6.61 Å². The first-order valence-electron chi connectivity index (χ1n) is 6.28. The lowest BCUT2D eigenvalue weighted by molar-refractivity contribution is -0.145. The number of nitrogens with one attached hydrogen (secondary N) is 1. The zero-order valence-electron chi connectivity index (χ0n) is 10.8. The van der Waals surface area contributed by atoms with Crippen LogP contribution in [0.4, 0.5) is 0 Å². The van der Waals surface area contributed by atoms with E-state index in [1.54, 1.807) is 11.3 Å². The number of benzene rings is 1. The van der Waals surface area contributed by atoms with Crippen LogP contribution >= 0.6 is 11.3 Å². The normalized spacial score (nSPS) is 12.1. The van der Waals surface area contributed by atoms with E-state index in [0.717, 1.165) is 5.56 Å². The lowest BCUT2D eigenvalue weighted by Crippen LogP contribution is -2.29. The molecule has 0 radical (unpaired) electrons. The summed E-state index contributed by atoms with van der Waals surface area (Å²) < 4.78 is 5.13. The molecule has 1 aromatic heterocycles. The summed E-state index contributed by atoms with van der Waals surface area (Å²) in [5.41, 5.74) is 0.928. The summed E-state index contributed by atoms with van der Waals surface area (Å²) in [5.74, 6) is -0.231. The summed E-state index contributed by atoms with van der Waals surface area (Å²) in [5, 5.41) is 5.29. The predicted molar refractivity (Wildman–Crippen MR) is 77.0 cm³/mol. The molecule has 1 unspecified atom stereocenters. The molecule has 1 heterocycles. The molecule has 1 atom stereocenters. The van der Waals surface area contributed by atoms with Crippen molar-refractivity contribution >= 4 is 17.3 Å². The molecule has 0 aliphatic carbocycles. The Balaban J connectivity index is 2.08. The standard InChI is InChI=1S/C15H17NO2S/c1-2-18-15(17)14(12-7-4-3-5-8-12)16-11-13-9-6-10-19-13/h3-10,14,16H,2,11H2,1H3. The monoisotopic (exact) mass is 275 g/mol. The number of ether oxygens (including phenoxy) is 1. The largest absolute Gasteiger partial charge is 0.465 e. The highest BCUT2D eigenvalue weighted by Gasteiger charge is 2.21. The Labute approximate surface area is 117 Å². The molecule has 4 heteroatoms. The third kappa shape index (κ3) is 3.91. The van der Waals surface area contributed by atoms with Gasteiger partial charge >= 0.3 is 5.97 Å². The Bertz CT molecular complexity index is 496. The number of hydrogen-bond acceptors (Lipinski definition) is 4. The Morgan fingerprint density at radius 2 is 2.05 bits per heavy atom. The molecule has 0 amide bonds. The SMILES string of the molecule is CCOC(=O)C(NCc1cccs1)c1ccccc1. The first-order chi connectivity index (χ1) is 9.31. The molecule has 0 spiro atoms. The Morgan fingerprint density at radius 1 is 1.26 bits per heavy atom. The molecule has 0 bridgehead atoms. The van der Waals surface area contributed by atoms with Gasteiger partial charge in [0.25, 0.3) is 0 Å². The van der Waals surface area contributed by atoms with E-state index in [2.05, 4.69) is 5.32 Å². The van der Waals surface area contributed by atoms with Crippen molar-refractivity contribution in [3.63, 3.8) is 0 Å². The smallest absolute Gasteiger partial charge is 0.327 e. The fourth-order valence-corrected chi connectivity index (χ4v) is 2.48. The maximum Gasteiger partial charge on any atom is 0.327 e. The van der Waals surface area contributed by atoms with Gasteiger partial charge in [-0.3, -0.25) is 5.32 Å². The fraction of sp³-hybridized carbons (Fsp3) is 0.267. The lowest BCUT2D eigenvalue weighted by atomic mass is 10.1. The van der Waals surface area contributed by atoms with Crippen LogP contribution in [-0.2, 0) is 16.1 Å². The van der Waals surface area contributed by atoms with Gasteiger partial charge in [0.15, 0.2) is 0 Å². The van der Waals surface area contributed by atoms with E-state index in [1.165, 1.54) is 4.88 Å². The van der Waals surface area contributed by atoms with E-state index in [1.807, 2.05) is 54.8 Å². The van der Waals surface area contributed by atoms with Crippen LogP contribution in [0.15, 0.2) is 47.8 Å². The van der Waals surface area contributed by atoms with Crippen LogP contribution in [0.2, 0.25) is 0 Å². The minimum atomic E-state index is -0.414. The highest BCUT2D eigenvalue weighted by molar-refractivity contribution is 7.09. The molecule has 1 N–H and O–H groups in total. The van der Waals surface area contributed by atoms with Gasteiger partial charge in [0, 0.05) is 11.4 Å². The third-order valence-electron chi connectivity index (χ3n) is 2.72. The number of thiophene rings is 1. The summed E-state index contributed by atoms with van der Waals surface area (Å²) in [6.45, 7) is 2.87. The van der Waals surface area contributed by atoms with E-state index in [-0.39, 0.29) is 5.97 Å². The van der Waals surface area contributed by atoms with Gasteiger partial charge in [-0.1, -0.05) is 36.4 Å². The molecule has 0 saturated heterocycles. The second-order valence-corrected chi connectivity index (χ2v) is 5.09. The van der Waals surface area contributed by atoms with Crippen LogP contribution in [0.1, 0.15) is 23.4 Å². The summed E-state index contributed by atoms with van der Waals surface area (Å²) in [6.07, 6.45) is 0. The minimum absolute atomic E-state index is 0.231. The van der Waals surface area contributed by atoms with Crippen LogP contribution in [0.5, 0.6) is 0 Å². The molecule has 0 aliphatic heterocycles. The van der Waals surface area contributed by atoms with Crippen LogP contribution in [0.3, 0.4) is 0 Å². The molecule has 0 fully saturated rings. The number of hydrogen-bond donors (Lipinski definition) is 1. The van der Waals surface area contributed by atoms with E-state index in [4.69, 9.17) is 4.74 Å². The van der Waals surface area contributed by atoms with Crippen molar-refractivity contribution in [1.29, 1.82) is 0 Å². The Morgan fingerprint density at radius 3 is 2.68 bits per heavy atom. The van der Waals surface area contributed by atoms with Gasteiger partial charge in [-0.15, -0.1) is 11.3 Å². The zero-order valence-corrected chi connectivity index (χ0v) is 11.7. The number of carbonyl (C=O) groups excluding carboxylic acids is 1. The maximum absolute atomic E-state index is 12.0. The van der Waals surface area contributed by atoms with Crippen molar-refractivity contribution in [3.8, 4) is 0 Å². The molecular weight excluding hydrogens is 258 g/mol. The predicted octanol–water partition coefficient (Wildman–Crippen LogP) is 3.14. The highest BCUT2D eigenvalue weighted by atomic mass is 32.1. The Kier molecular flexibility index (Phi) is 5.12. The quantitative estimate of drug-likeness (QED) is 0.823. The number of carbonyl (C=O) groups is 1. The van der Waals surface area contributed by atoms with Crippen LogP contribution in [-0.4, -0.2) is 12.6 Å². The summed E-state index contributed by atoms with van der Waals surface area (Å²) in [4.78, 5) is 13.2. The molecule has 19 heavy (non-hydrogen) atoms. The second kappa shape index (κ2) is 7.07. The molecule has 0 aliphatic rings. The Hall–Kier alpha value is -1.65. The molecule has 3 nitrogen and oxygen atoms in total. The van der Waals surface area contributed by atoms with Crippen molar-refractivity contribution in [2.24, 2.45) is 0 Å². The second-order valence-electron chi connectivity index (χ2n) is 4.06. The van der Waals surface area contributed by atoms with Gasteiger partial charge in [-0.05, 0) is 23.9 Å². The van der Waals surface area contributed by atoms with Crippen molar-refractivity contribution in [1.82, 2.24) is 5.32 Å². The van der Waals surface area contributed by atoms with Gasteiger partial charge < -0.3 is 4.74 Å². The van der Waals surface area contributed by atoms with Gasteiger partial charge in [0.05, 0.1) is 6.61 Å². The first-order valence-corrected chi connectivity index (χ1v) is 7.16. The van der Waals surface area contributed by atoms with Gasteiger partial charge in [-0.25, -0.2) is 4.79 Å². The molecule has 2 rings (SSSR count). The number of rotatable bonds is 6. The third-order valence-corrected chi connectivity index (χ3v) is 3.59. The fourth-order valence-electron chi connectivity index (χ4n) is 1.82. The minimum Gasteiger partial charge on any atom is -0.465 e. The summed E-state index contributed by atoms with van der Waals surface area (Å²) in [7, 11) is 0. The average Bonchev–Trinajstić information content (AvgIpc) is 2.94. The average molecular weight is 275 g/mol. The maximum atomic E-state index is 12.0. The first kappa shape index (κ1) is 13.8. The van der Waals surface area contributed by atoms with E-state index in [9.17, 15) is 4.79 Å². The van der Waals surface area contributed by atoms with Gasteiger partial charge in [0.2, 0.25) is 0 Å². The van der Waals surface area contributed by atoms with E-state index in [0.29, 0.717) is 13.2 Å². The molecular formula is C15H17NO2S. The van der Waals surface area contributed by atoms with Crippen LogP contribution in [0, 0.1) is 0 Å². The summed E-state index contributed by atoms with van der Waals surface area (Å²) >= 11 is 1.67. The van der Waals surface area contributed by atoms with Crippen molar-refractivity contribution in [3.05, 3.63) is 58.3 Å². The van der Waals surface area contributed by atoms with E-state index >= 15 is 0 Å². The lowest BCUT2D eigenvalue weighted by Gasteiger charge is -2.17. The van der Waals surface area contributed by atoms with Crippen LogP contribution in [0.25, 0.3) is 0 Å². The summed E-state index contributed by atoms with van der Waals surface area (Å²) in [6, 6.07) is 13.3. The van der Waals surface area contributed by atoms with Gasteiger partial charge in [-0.2, -0.15) is 0 Å². The molecule has 1 aromatic carbocycles.